The Morgan fingerprint density at radius 2 is 1.88 bits per heavy atom. The van der Waals surface area contributed by atoms with Gasteiger partial charge >= 0.3 is 0 Å². The van der Waals surface area contributed by atoms with Crippen molar-refractivity contribution in [1.29, 1.82) is 0 Å². The quantitative estimate of drug-likeness (QED) is 0.745. The SMILES string of the molecule is COc1cc(C(=O)NCCc2cccc(C)n2)c(N)c(OC)c1OC. The molecule has 0 unspecified atom stereocenters. The molecule has 2 rings (SSSR count). The molecule has 25 heavy (non-hydrogen) atoms. The third-order valence-electron chi connectivity index (χ3n) is 3.73. The molecular formula is C18H23N3O4. The second-order valence-corrected chi connectivity index (χ2v) is 5.38. The van der Waals surface area contributed by atoms with Gasteiger partial charge in [-0.2, -0.15) is 0 Å². The molecule has 0 bridgehead atoms. The lowest BCUT2D eigenvalue weighted by molar-refractivity contribution is 0.0954. The van der Waals surface area contributed by atoms with E-state index in [0.29, 0.717) is 24.5 Å². The molecule has 7 heteroatoms. The lowest BCUT2D eigenvalue weighted by atomic mass is 10.1. The van der Waals surface area contributed by atoms with Crippen LogP contribution in [0.5, 0.6) is 17.2 Å². The first-order chi connectivity index (χ1) is 12.0. The predicted molar refractivity (Wildman–Crippen MR) is 95.5 cm³/mol. The number of pyridine rings is 1. The van der Waals surface area contributed by atoms with Gasteiger partial charge in [0, 0.05) is 24.4 Å². The van der Waals surface area contributed by atoms with Gasteiger partial charge in [0.2, 0.25) is 5.75 Å². The van der Waals surface area contributed by atoms with Crippen LogP contribution in [0.2, 0.25) is 0 Å². The lowest BCUT2D eigenvalue weighted by Gasteiger charge is -2.17. The van der Waals surface area contributed by atoms with Crippen LogP contribution in [0.15, 0.2) is 24.3 Å². The maximum Gasteiger partial charge on any atom is 0.253 e. The molecule has 0 aliphatic rings. The standard InChI is InChI=1S/C18H23N3O4/c1-11-6-5-7-12(21-11)8-9-20-18(22)13-10-14(23-2)16(24-3)17(25-4)15(13)19/h5-7,10H,8-9,19H2,1-4H3,(H,20,22). The number of aromatic nitrogens is 1. The molecule has 3 N–H and O–H groups in total. The van der Waals surface area contributed by atoms with E-state index >= 15 is 0 Å². The summed E-state index contributed by atoms with van der Waals surface area (Å²) in [5, 5.41) is 2.84. The fourth-order valence-corrected chi connectivity index (χ4v) is 2.50. The number of nitrogen functional groups attached to an aromatic ring is 1. The minimum Gasteiger partial charge on any atom is -0.493 e. The van der Waals surface area contributed by atoms with Crippen molar-refractivity contribution in [3.63, 3.8) is 0 Å². The van der Waals surface area contributed by atoms with E-state index in [4.69, 9.17) is 19.9 Å². The summed E-state index contributed by atoms with van der Waals surface area (Å²) >= 11 is 0. The van der Waals surface area contributed by atoms with E-state index in [-0.39, 0.29) is 22.9 Å². The van der Waals surface area contributed by atoms with Gasteiger partial charge < -0.3 is 25.3 Å². The number of carbonyl (C=O) groups excluding carboxylic acids is 1. The number of aryl methyl sites for hydroxylation is 1. The number of methoxy groups -OCH3 is 3. The van der Waals surface area contributed by atoms with Crippen LogP contribution in [0.4, 0.5) is 5.69 Å². The van der Waals surface area contributed by atoms with Crippen molar-refractivity contribution in [2.75, 3.05) is 33.6 Å². The van der Waals surface area contributed by atoms with Gasteiger partial charge in [-0.05, 0) is 25.1 Å². The predicted octanol–water partition coefficient (Wildman–Crippen LogP) is 1.97. The number of nitrogens with zero attached hydrogens (tertiary/aromatic N) is 1. The summed E-state index contributed by atoms with van der Waals surface area (Å²) in [6.45, 7) is 2.37. The maximum absolute atomic E-state index is 12.5. The molecule has 0 spiro atoms. The number of rotatable bonds is 7. The van der Waals surface area contributed by atoms with Crippen molar-refractivity contribution < 1.29 is 19.0 Å². The lowest BCUT2D eigenvalue weighted by Crippen LogP contribution is -2.27. The van der Waals surface area contributed by atoms with E-state index in [1.807, 2.05) is 25.1 Å². The Bertz CT molecular complexity index is 762. The number of nitrogens with one attached hydrogen (secondary N) is 1. The summed E-state index contributed by atoms with van der Waals surface area (Å²) < 4.78 is 15.8. The van der Waals surface area contributed by atoms with Crippen LogP contribution >= 0.6 is 0 Å². The molecule has 0 fully saturated rings. The maximum atomic E-state index is 12.5. The number of anilines is 1. The average Bonchev–Trinajstić information content (AvgIpc) is 2.61. The third-order valence-corrected chi connectivity index (χ3v) is 3.73. The number of ether oxygens (including phenoxy) is 3. The molecule has 0 aliphatic heterocycles. The summed E-state index contributed by atoms with van der Waals surface area (Å²) in [7, 11) is 4.42. The Labute approximate surface area is 147 Å². The van der Waals surface area contributed by atoms with Crippen molar-refractivity contribution in [3.8, 4) is 17.2 Å². The highest BCUT2D eigenvalue weighted by Gasteiger charge is 2.22. The number of nitrogens with two attached hydrogens (primary N) is 1. The first-order valence-electron chi connectivity index (χ1n) is 7.81. The molecule has 0 aliphatic carbocycles. The van der Waals surface area contributed by atoms with E-state index in [1.54, 1.807) is 0 Å². The molecule has 1 amide bonds. The summed E-state index contributed by atoms with van der Waals surface area (Å²) in [4.78, 5) is 16.9. The minimum atomic E-state index is -0.315. The van der Waals surface area contributed by atoms with E-state index < -0.39 is 0 Å². The van der Waals surface area contributed by atoms with Crippen molar-refractivity contribution in [2.45, 2.75) is 13.3 Å². The van der Waals surface area contributed by atoms with Gasteiger partial charge in [0.15, 0.2) is 11.5 Å². The Morgan fingerprint density at radius 1 is 1.16 bits per heavy atom. The average molecular weight is 345 g/mol. The number of hydrogen-bond acceptors (Lipinski definition) is 6. The number of benzene rings is 1. The Morgan fingerprint density at radius 3 is 2.48 bits per heavy atom. The largest absolute Gasteiger partial charge is 0.493 e. The minimum absolute atomic E-state index is 0.200. The Kier molecular flexibility index (Phi) is 6.05. The van der Waals surface area contributed by atoms with Crippen LogP contribution in [0.3, 0.4) is 0 Å². The van der Waals surface area contributed by atoms with Crippen LogP contribution in [0, 0.1) is 6.92 Å². The summed E-state index contributed by atoms with van der Waals surface area (Å²) in [5.41, 5.74) is 8.39. The normalized spacial score (nSPS) is 10.2. The Hall–Kier alpha value is -2.96. The van der Waals surface area contributed by atoms with Crippen molar-refractivity contribution in [1.82, 2.24) is 10.3 Å². The van der Waals surface area contributed by atoms with E-state index in [9.17, 15) is 4.79 Å². The summed E-state index contributed by atoms with van der Waals surface area (Å²) in [6.07, 6.45) is 0.623. The molecule has 0 saturated heterocycles. The van der Waals surface area contributed by atoms with Crippen LogP contribution < -0.4 is 25.3 Å². The third kappa shape index (κ3) is 4.12. The first-order valence-corrected chi connectivity index (χ1v) is 7.81. The molecule has 0 atom stereocenters. The molecule has 134 valence electrons. The molecule has 2 aromatic rings. The molecule has 1 aromatic heterocycles. The zero-order valence-corrected chi connectivity index (χ0v) is 14.9. The van der Waals surface area contributed by atoms with Gasteiger partial charge in [0.25, 0.3) is 5.91 Å². The second-order valence-electron chi connectivity index (χ2n) is 5.38. The van der Waals surface area contributed by atoms with Gasteiger partial charge in [0.05, 0.1) is 32.6 Å². The van der Waals surface area contributed by atoms with Crippen molar-refractivity contribution in [2.24, 2.45) is 0 Å². The van der Waals surface area contributed by atoms with E-state index in [0.717, 1.165) is 11.4 Å². The Balaban J connectivity index is 2.15. The number of hydrogen-bond donors (Lipinski definition) is 2. The molecular weight excluding hydrogens is 322 g/mol. The van der Waals surface area contributed by atoms with Crippen LogP contribution in [-0.4, -0.2) is 38.8 Å². The van der Waals surface area contributed by atoms with Gasteiger partial charge in [-0.15, -0.1) is 0 Å². The second kappa shape index (κ2) is 8.23. The van der Waals surface area contributed by atoms with Crippen LogP contribution in [0.1, 0.15) is 21.7 Å². The van der Waals surface area contributed by atoms with Crippen LogP contribution in [-0.2, 0) is 6.42 Å². The summed E-state index contributed by atoms with van der Waals surface area (Å²) in [5.74, 6) is 0.679. The molecule has 0 radical (unpaired) electrons. The van der Waals surface area contributed by atoms with Gasteiger partial charge in [-0.25, -0.2) is 0 Å². The smallest absolute Gasteiger partial charge is 0.253 e. The van der Waals surface area contributed by atoms with Gasteiger partial charge in [0.1, 0.15) is 0 Å². The number of carbonyl (C=O) groups is 1. The van der Waals surface area contributed by atoms with Crippen LogP contribution in [0.25, 0.3) is 0 Å². The van der Waals surface area contributed by atoms with E-state index in [1.165, 1.54) is 27.4 Å². The number of amides is 1. The highest BCUT2D eigenvalue weighted by atomic mass is 16.5. The molecule has 7 nitrogen and oxygen atoms in total. The topological polar surface area (TPSA) is 95.7 Å². The monoisotopic (exact) mass is 345 g/mol. The van der Waals surface area contributed by atoms with Crippen molar-refractivity contribution in [3.05, 3.63) is 41.2 Å². The fourth-order valence-electron chi connectivity index (χ4n) is 2.50. The van der Waals surface area contributed by atoms with Gasteiger partial charge in [-0.3, -0.25) is 9.78 Å². The summed E-state index contributed by atoms with van der Waals surface area (Å²) in [6, 6.07) is 7.33. The first kappa shape index (κ1) is 18.4. The molecule has 1 heterocycles. The highest BCUT2D eigenvalue weighted by Crippen LogP contribution is 2.43. The molecule has 1 aromatic carbocycles. The van der Waals surface area contributed by atoms with E-state index in [2.05, 4.69) is 10.3 Å². The zero-order chi connectivity index (χ0) is 18.4. The highest BCUT2D eigenvalue weighted by molar-refractivity contribution is 6.01. The van der Waals surface area contributed by atoms with Gasteiger partial charge in [-0.1, -0.05) is 6.07 Å². The van der Waals surface area contributed by atoms with Crippen molar-refractivity contribution >= 4 is 11.6 Å². The zero-order valence-electron chi connectivity index (χ0n) is 14.9. The fraction of sp³-hybridized carbons (Fsp3) is 0.333. The molecule has 0 saturated carbocycles.